The smallest absolute Gasteiger partial charge is 0.241 e. The summed E-state index contributed by atoms with van der Waals surface area (Å²) in [4.78, 5) is 12.9. The zero-order valence-corrected chi connectivity index (χ0v) is 16.9. The van der Waals surface area contributed by atoms with E-state index >= 15 is 0 Å². The number of hydrogen-bond donors (Lipinski definition) is 2. The van der Waals surface area contributed by atoms with Crippen LogP contribution in [0.25, 0.3) is 0 Å². The van der Waals surface area contributed by atoms with Gasteiger partial charge in [-0.3, -0.25) is 4.79 Å². The van der Waals surface area contributed by atoms with E-state index in [4.69, 9.17) is 0 Å². The lowest BCUT2D eigenvalue weighted by atomic mass is 10.1. The van der Waals surface area contributed by atoms with Gasteiger partial charge in [0.25, 0.3) is 0 Å². The van der Waals surface area contributed by atoms with Crippen LogP contribution in [0.1, 0.15) is 37.8 Å². The molecule has 0 spiro atoms. The Labute approximate surface area is 162 Å². The van der Waals surface area contributed by atoms with E-state index in [1.807, 2.05) is 51.1 Å². The van der Waals surface area contributed by atoms with Gasteiger partial charge in [0.15, 0.2) is 0 Å². The quantitative estimate of drug-likeness (QED) is 0.693. The van der Waals surface area contributed by atoms with Gasteiger partial charge in [0.1, 0.15) is 6.04 Å². The molecule has 0 aliphatic heterocycles. The fourth-order valence-electron chi connectivity index (χ4n) is 2.86. The largest absolute Gasteiger partial charge is 0.352 e. The van der Waals surface area contributed by atoms with Crippen molar-refractivity contribution in [1.82, 2.24) is 10.0 Å². The Morgan fingerprint density at radius 1 is 1.04 bits per heavy atom. The Kier molecular flexibility index (Phi) is 7.56. The van der Waals surface area contributed by atoms with Crippen molar-refractivity contribution in [1.29, 1.82) is 0 Å². The lowest BCUT2D eigenvalue weighted by Crippen LogP contribution is -2.50. The van der Waals surface area contributed by atoms with Crippen LogP contribution in [-0.4, -0.2) is 26.4 Å². The van der Waals surface area contributed by atoms with Crippen molar-refractivity contribution in [2.75, 3.05) is 0 Å². The van der Waals surface area contributed by atoms with E-state index in [1.54, 1.807) is 24.3 Å². The summed E-state index contributed by atoms with van der Waals surface area (Å²) in [7, 11) is -3.80. The van der Waals surface area contributed by atoms with E-state index in [-0.39, 0.29) is 23.3 Å². The number of rotatable bonds is 9. The summed E-state index contributed by atoms with van der Waals surface area (Å²) in [5.41, 5.74) is 1.87. The molecule has 2 aromatic rings. The average Bonchev–Trinajstić information content (AvgIpc) is 2.62. The van der Waals surface area contributed by atoms with Crippen LogP contribution in [-0.2, 0) is 21.2 Å². The van der Waals surface area contributed by atoms with Crippen molar-refractivity contribution < 1.29 is 13.2 Å². The van der Waals surface area contributed by atoms with Gasteiger partial charge < -0.3 is 5.32 Å². The highest BCUT2D eigenvalue weighted by Crippen LogP contribution is 2.13. The molecule has 0 unspecified atom stereocenters. The summed E-state index contributed by atoms with van der Waals surface area (Å²) in [6, 6.07) is 15.1. The molecule has 0 fully saturated rings. The second kappa shape index (κ2) is 9.67. The maximum atomic E-state index is 12.8. The first kappa shape index (κ1) is 21.1. The van der Waals surface area contributed by atoms with Crippen LogP contribution in [0.15, 0.2) is 59.5 Å². The summed E-state index contributed by atoms with van der Waals surface area (Å²) in [5.74, 6) is -0.310. The van der Waals surface area contributed by atoms with Crippen molar-refractivity contribution in [3.63, 3.8) is 0 Å². The number of carbonyl (C=O) groups excluding carboxylic acids is 1. The number of aryl methyl sites for hydroxylation is 1. The van der Waals surface area contributed by atoms with E-state index in [9.17, 15) is 13.2 Å². The number of benzene rings is 2. The van der Waals surface area contributed by atoms with Gasteiger partial charge in [-0.25, -0.2) is 8.42 Å². The molecule has 2 aromatic carbocycles. The van der Waals surface area contributed by atoms with Crippen LogP contribution in [0, 0.1) is 6.92 Å². The highest BCUT2D eigenvalue weighted by atomic mass is 32.2. The molecule has 0 aromatic heterocycles. The summed E-state index contributed by atoms with van der Waals surface area (Å²) < 4.78 is 28.1. The number of nitrogens with one attached hydrogen (secondary N) is 2. The van der Waals surface area contributed by atoms with Crippen molar-refractivity contribution in [2.45, 2.75) is 57.0 Å². The Hall–Kier alpha value is -2.18. The molecule has 0 aliphatic carbocycles. The fraction of sp³-hybridized carbons (Fsp3) is 0.381. The third-order valence-corrected chi connectivity index (χ3v) is 5.83. The number of sulfonamides is 1. The minimum Gasteiger partial charge on any atom is -0.352 e. The normalized spacial score (nSPS) is 13.7. The molecule has 0 radical (unpaired) electrons. The van der Waals surface area contributed by atoms with Crippen LogP contribution >= 0.6 is 0 Å². The Bertz CT molecular complexity index is 833. The molecular formula is C21H28N2O3S. The Morgan fingerprint density at radius 3 is 2.26 bits per heavy atom. The second-order valence-corrected chi connectivity index (χ2v) is 8.59. The lowest BCUT2D eigenvalue weighted by Gasteiger charge is -2.21. The topological polar surface area (TPSA) is 75.3 Å². The highest BCUT2D eigenvalue weighted by molar-refractivity contribution is 7.89. The first-order chi connectivity index (χ1) is 12.8. The van der Waals surface area contributed by atoms with E-state index in [1.165, 1.54) is 0 Å². The van der Waals surface area contributed by atoms with E-state index in [0.717, 1.165) is 24.0 Å². The Morgan fingerprint density at radius 2 is 1.67 bits per heavy atom. The summed E-state index contributed by atoms with van der Waals surface area (Å²) in [6.45, 7) is 5.87. The first-order valence-electron chi connectivity index (χ1n) is 9.25. The molecule has 1 amide bonds. The molecular weight excluding hydrogens is 360 g/mol. The molecule has 146 valence electrons. The monoisotopic (exact) mass is 388 g/mol. The van der Waals surface area contributed by atoms with Crippen LogP contribution in [0.3, 0.4) is 0 Å². The second-order valence-electron chi connectivity index (χ2n) is 6.87. The molecule has 0 saturated heterocycles. The third kappa shape index (κ3) is 6.48. The van der Waals surface area contributed by atoms with E-state index in [0.29, 0.717) is 0 Å². The molecule has 2 rings (SSSR count). The van der Waals surface area contributed by atoms with Gasteiger partial charge in [-0.1, -0.05) is 61.4 Å². The SMILES string of the molecule is CCC[C@@H](C)NC(=O)[C@H](Cc1ccccc1)NS(=O)(=O)c1ccc(C)cc1. The van der Waals surface area contributed by atoms with E-state index < -0.39 is 16.1 Å². The Balaban J connectivity index is 2.22. The molecule has 27 heavy (non-hydrogen) atoms. The van der Waals surface area contributed by atoms with Gasteiger partial charge in [-0.15, -0.1) is 0 Å². The van der Waals surface area contributed by atoms with Gasteiger partial charge >= 0.3 is 0 Å². The third-order valence-electron chi connectivity index (χ3n) is 4.34. The first-order valence-corrected chi connectivity index (χ1v) is 10.7. The molecule has 0 aliphatic rings. The van der Waals surface area contributed by atoms with Crippen molar-refractivity contribution in [3.8, 4) is 0 Å². The van der Waals surface area contributed by atoms with Crippen LogP contribution in [0.4, 0.5) is 0 Å². The van der Waals surface area contributed by atoms with Crippen LogP contribution in [0.2, 0.25) is 0 Å². The zero-order valence-electron chi connectivity index (χ0n) is 16.1. The maximum Gasteiger partial charge on any atom is 0.241 e. The number of carbonyl (C=O) groups is 1. The van der Waals surface area contributed by atoms with Crippen LogP contribution < -0.4 is 10.0 Å². The average molecular weight is 389 g/mol. The van der Waals surface area contributed by atoms with Crippen molar-refractivity contribution in [2.24, 2.45) is 0 Å². The zero-order chi connectivity index (χ0) is 19.9. The minimum atomic E-state index is -3.80. The van der Waals surface area contributed by atoms with Gasteiger partial charge in [0.2, 0.25) is 15.9 Å². The standard InChI is InChI=1S/C21H28N2O3S/c1-4-8-17(3)22-21(24)20(15-18-9-6-5-7-10-18)23-27(25,26)19-13-11-16(2)12-14-19/h5-7,9-14,17,20,23H,4,8,15H2,1-3H3,(H,22,24)/t17-,20+/m1/s1. The number of amides is 1. The van der Waals surface area contributed by atoms with E-state index in [2.05, 4.69) is 10.0 Å². The predicted molar refractivity (Wildman–Crippen MR) is 108 cm³/mol. The molecule has 6 heteroatoms. The fourth-order valence-corrected chi connectivity index (χ4v) is 4.05. The summed E-state index contributed by atoms with van der Waals surface area (Å²) in [5, 5.41) is 2.92. The molecule has 0 saturated carbocycles. The van der Waals surface area contributed by atoms with Crippen molar-refractivity contribution in [3.05, 3.63) is 65.7 Å². The number of hydrogen-bond acceptors (Lipinski definition) is 3. The minimum absolute atomic E-state index is 0.00958. The molecule has 5 nitrogen and oxygen atoms in total. The van der Waals surface area contributed by atoms with Gasteiger partial charge in [0, 0.05) is 6.04 Å². The van der Waals surface area contributed by atoms with Gasteiger partial charge in [-0.05, 0) is 44.4 Å². The van der Waals surface area contributed by atoms with Gasteiger partial charge in [-0.2, -0.15) is 4.72 Å². The molecule has 2 N–H and O–H groups in total. The molecule has 0 bridgehead atoms. The predicted octanol–water partition coefficient (Wildman–Crippen LogP) is 3.19. The van der Waals surface area contributed by atoms with Crippen molar-refractivity contribution >= 4 is 15.9 Å². The van der Waals surface area contributed by atoms with Crippen LogP contribution in [0.5, 0.6) is 0 Å². The summed E-state index contributed by atoms with van der Waals surface area (Å²) in [6.07, 6.45) is 2.07. The molecule has 2 atom stereocenters. The molecule has 0 heterocycles. The maximum absolute atomic E-state index is 12.8. The lowest BCUT2D eigenvalue weighted by molar-refractivity contribution is -0.123. The van der Waals surface area contributed by atoms with Gasteiger partial charge in [0.05, 0.1) is 4.90 Å². The highest BCUT2D eigenvalue weighted by Gasteiger charge is 2.26. The summed E-state index contributed by atoms with van der Waals surface area (Å²) >= 11 is 0.